The molecule has 0 saturated heterocycles. The third-order valence-electron chi connectivity index (χ3n) is 4.32. The lowest BCUT2D eigenvalue weighted by atomic mass is 10.2. The molecule has 0 aliphatic carbocycles. The molecule has 1 heterocycles. The quantitative estimate of drug-likeness (QED) is 0.521. The lowest BCUT2D eigenvalue weighted by Crippen LogP contribution is -2.25. The number of amides is 2. The average molecular weight is 444 g/mol. The molecule has 0 fully saturated rings. The van der Waals surface area contributed by atoms with Crippen molar-refractivity contribution in [1.82, 2.24) is 14.8 Å². The van der Waals surface area contributed by atoms with Gasteiger partial charge in [0.1, 0.15) is 0 Å². The molecular formula is C21H22ClN5O2S. The molecule has 2 amide bonds. The van der Waals surface area contributed by atoms with E-state index in [0.717, 1.165) is 5.56 Å². The summed E-state index contributed by atoms with van der Waals surface area (Å²) in [6.45, 7) is 3.42. The van der Waals surface area contributed by atoms with Gasteiger partial charge in [-0.2, -0.15) is 0 Å². The summed E-state index contributed by atoms with van der Waals surface area (Å²) in [6.07, 6.45) is 0.637. The maximum Gasteiger partial charge on any atom is 0.237 e. The standard InChI is InChI=1S/C21H22ClN5O2S/c1-4-18(20(29)24-17-11-7-15(22)8-12-17)30-21-26-25-19(27(21)3)14-5-9-16(10-6-14)23-13(2)28/h5-12,18H,4H2,1-3H3,(H,23,28)(H,24,29). The number of hydrogen-bond acceptors (Lipinski definition) is 5. The molecule has 30 heavy (non-hydrogen) atoms. The molecule has 9 heteroatoms. The van der Waals surface area contributed by atoms with E-state index in [9.17, 15) is 9.59 Å². The molecule has 3 rings (SSSR count). The Kier molecular flexibility index (Phi) is 7.12. The maximum atomic E-state index is 12.7. The van der Waals surface area contributed by atoms with Crippen molar-refractivity contribution in [3.63, 3.8) is 0 Å². The van der Waals surface area contributed by atoms with Crippen LogP contribution in [0, 0.1) is 0 Å². The zero-order valence-electron chi connectivity index (χ0n) is 16.8. The van der Waals surface area contributed by atoms with E-state index in [0.29, 0.717) is 33.8 Å². The van der Waals surface area contributed by atoms with Crippen LogP contribution in [0.1, 0.15) is 20.3 Å². The summed E-state index contributed by atoms with van der Waals surface area (Å²) in [4.78, 5) is 23.9. The number of rotatable bonds is 7. The van der Waals surface area contributed by atoms with E-state index in [2.05, 4.69) is 20.8 Å². The van der Waals surface area contributed by atoms with Gasteiger partial charge in [-0.3, -0.25) is 9.59 Å². The number of aromatic nitrogens is 3. The lowest BCUT2D eigenvalue weighted by Gasteiger charge is -2.14. The Labute approximate surface area is 184 Å². The van der Waals surface area contributed by atoms with Gasteiger partial charge in [0.2, 0.25) is 11.8 Å². The van der Waals surface area contributed by atoms with E-state index in [1.165, 1.54) is 18.7 Å². The second-order valence-electron chi connectivity index (χ2n) is 6.63. The molecule has 7 nitrogen and oxygen atoms in total. The molecule has 2 aromatic carbocycles. The molecule has 0 spiro atoms. The number of halogens is 1. The van der Waals surface area contributed by atoms with Gasteiger partial charge >= 0.3 is 0 Å². The van der Waals surface area contributed by atoms with Gasteiger partial charge in [-0.25, -0.2) is 0 Å². The van der Waals surface area contributed by atoms with Gasteiger partial charge in [-0.1, -0.05) is 30.3 Å². The monoisotopic (exact) mass is 443 g/mol. The first-order valence-corrected chi connectivity index (χ1v) is 10.6. The molecule has 0 aliphatic rings. The van der Waals surface area contributed by atoms with Gasteiger partial charge in [0.25, 0.3) is 0 Å². The second kappa shape index (κ2) is 9.77. The number of nitrogens with one attached hydrogen (secondary N) is 2. The van der Waals surface area contributed by atoms with Crippen molar-refractivity contribution in [2.24, 2.45) is 7.05 Å². The maximum absolute atomic E-state index is 12.7. The third kappa shape index (κ3) is 5.40. The van der Waals surface area contributed by atoms with Crippen LogP contribution in [-0.2, 0) is 16.6 Å². The summed E-state index contributed by atoms with van der Waals surface area (Å²) in [6, 6.07) is 14.4. The third-order valence-corrected chi connectivity index (χ3v) is 5.97. The highest BCUT2D eigenvalue weighted by Crippen LogP contribution is 2.28. The zero-order chi connectivity index (χ0) is 21.7. The molecule has 0 radical (unpaired) electrons. The Morgan fingerprint density at radius 3 is 2.23 bits per heavy atom. The van der Waals surface area contributed by atoms with Crippen LogP contribution in [0.4, 0.5) is 11.4 Å². The number of hydrogen-bond donors (Lipinski definition) is 2. The Hall–Kier alpha value is -2.84. The van der Waals surface area contributed by atoms with Crippen LogP contribution < -0.4 is 10.6 Å². The van der Waals surface area contributed by atoms with Crippen LogP contribution in [0.25, 0.3) is 11.4 Å². The van der Waals surface area contributed by atoms with Crippen molar-refractivity contribution in [3.8, 4) is 11.4 Å². The Balaban J connectivity index is 1.71. The van der Waals surface area contributed by atoms with Crippen molar-refractivity contribution in [3.05, 3.63) is 53.6 Å². The molecular weight excluding hydrogens is 422 g/mol. The van der Waals surface area contributed by atoms with E-state index >= 15 is 0 Å². The molecule has 1 aromatic heterocycles. The highest BCUT2D eigenvalue weighted by molar-refractivity contribution is 8.00. The number of anilines is 2. The molecule has 0 saturated carbocycles. The van der Waals surface area contributed by atoms with E-state index in [4.69, 9.17) is 11.6 Å². The van der Waals surface area contributed by atoms with Gasteiger partial charge in [0.05, 0.1) is 5.25 Å². The summed E-state index contributed by atoms with van der Waals surface area (Å²) in [5, 5.41) is 15.1. The summed E-state index contributed by atoms with van der Waals surface area (Å²) in [5.41, 5.74) is 2.28. The summed E-state index contributed by atoms with van der Waals surface area (Å²) in [7, 11) is 1.86. The van der Waals surface area contributed by atoms with Crippen LogP contribution in [0.15, 0.2) is 53.7 Å². The predicted molar refractivity (Wildman–Crippen MR) is 121 cm³/mol. The molecule has 2 N–H and O–H groups in total. The normalized spacial score (nSPS) is 11.7. The van der Waals surface area contributed by atoms with E-state index in [1.54, 1.807) is 24.3 Å². The van der Waals surface area contributed by atoms with E-state index in [1.807, 2.05) is 42.8 Å². The molecule has 3 aromatic rings. The van der Waals surface area contributed by atoms with Crippen molar-refractivity contribution < 1.29 is 9.59 Å². The molecule has 1 atom stereocenters. The fraction of sp³-hybridized carbons (Fsp3) is 0.238. The van der Waals surface area contributed by atoms with Gasteiger partial charge in [-0.05, 0) is 55.0 Å². The van der Waals surface area contributed by atoms with Crippen LogP contribution >= 0.6 is 23.4 Å². The van der Waals surface area contributed by atoms with E-state index in [-0.39, 0.29) is 17.1 Å². The number of benzene rings is 2. The van der Waals surface area contributed by atoms with Crippen molar-refractivity contribution in [2.75, 3.05) is 10.6 Å². The van der Waals surface area contributed by atoms with Crippen LogP contribution in [0.3, 0.4) is 0 Å². The predicted octanol–water partition coefficient (Wildman–Crippen LogP) is 4.60. The van der Waals surface area contributed by atoms with Crippen LogP contribution in [-0.4, -0.2) is 31.8 Å². The van der Waals surface area contributed by atoms with Gasteiger partial charge in [0, 0.05) is 35.9 Å². The largest absolute Gasteiger partial charge is 0.326 e. The second-order valence-corrected chi connectivity index (χ2v) is 8.24. The highest BCUT2D eigenvalue weighted by atomic mass is 35.5. The number of nitrogens with zero attached hydrogens (tertiary/aromatic N) is 3. The lowest BCUT2D eigenvalue weighted by molar-refractivity contribution is -0.116. The minimum atomic E-state index is -0.321. The fourth-order valence-corrected chi connectivity index (χ4v) is 3.83. The minimum Gasteiger partial charge on any atom is -0.326 e. The highest BCUT2D eigenvalue weighted by Gasteiger charge is 2.22. The smallest absolute Gasteiger partial charge is 0.237 e. The minimum absolute atomic E-state index is 0.103. The van der Waals surface area contributed by atoms with Crippen molar-refractivity contribution >= 4 is 46.6 Å². The topological polar surface area (TPSA) is 88.9 Å². The molecule has 156 valence electrons. The van der Waals surface area contributed by atoms with Crippen LogP contribution in [0.2, 0.25) is 5.02 Å². The van der Waals surface area contributed by atoms with Gasteiger partial charge in [-0.15, -0.1) is 10.2 Å². The summed E-state index contributed by atoms with van der Waals surface area (Å²) >= 11 is 7.26. The average Bonchev–Trinajstić information content (AvgIpc) is 3.08. The molecule has 0 aliphatic heterocycles. The van der Waals surface area contributed by atoms with E-state index < -0.39 is 0 Å². The number of thioether (sulfide) groups is 1. The van der Waals surface area contributed by atoms with Crippen molar-refractivity contribution in [2.45, 2.75) is 30.7 Å². The Morgan fingerprint density at radius 1 is 1.03 bits per heavy atom. The first-order chi connectivity index (χ1) is 14.4. The first-order valence-electron chi connectivity index (χ1n) is 9.38. The number of carbonyl (C=O) groups excluding carboxylic acids is 2. The fourth-order valence-electron chi connectivity index (χ4n) is 2.78. The van der Waals surface area contributed by atoms with Gasteiger partial charge < -0.3 is 15.2 Å². The van der Waals surface area contributed by atoms with Crippen molar-refractivity contribution in [1.29, 1.82) is 0 Å². The number of carbonyl (C=O) groups is 2. The SMILES string of the molecule is CCC(Sc1nnc(-c2ccc(NC(C)=O)cc2)n1C)C(=O)Nc1ccc(Cl)cc1. The Morgan fingerprint density at radius 2 is 1.63 bits per heavy atom. The molecule has 1 unspecified atom stereocenters. The Bertz CT molecular complexity index is 1030. The van der Waals surface area contributed by atoms with Crippen LogP contribution in [0.5, 0.6) is 0 Å². The zero-order valence-corrected chi connectivity index (χ0v) is 18.4. The van der Waals surface area contributed by atoms with Gasteiger partial charge in [0.15, 0.2) is 11.0 Å². The summed E-state index contributed by atoms with van der Waals surface area (Å²) in [5.74, 6) is 0.455. The first kappa shape index (κ1) is 21.9. The molecule has 0 bridgehead atoms. The summed E-state index contributed by atoms with van der Waals surface area (Å²) < 4.78 is 1.86.